The van der Waals surface area contributed by atoms with E-state index in [4.69, 9.17) is 5.11 Å². The van der Waals surface area contributed by atoms with Crippen LogP contribution < -0.4 is 0 Å². The molecule has 4 rings (SSSR count). The summed E-state index contributed by atoms with van der Waals surface area (Å²) in [4.78, 5) is 10.6. The highest BCUT2D eigenvalue weighted by atomic mass is 16.4. The Labute approximate surface area is 121 Å². The fourth-order valence-electron chi connectivity index (χ4n) is 6.58. The molecule has 7 atom stereocenters. The predicted molar refractivity (Wildman–Crippen MR) is 78.1 cm³/mol. The zero-order valence-corrected chi connectivity index (χ0v) is 12.4. The number of carbonyl (C=O) groups is 1. The number of aliphatic carboxylic acids is 1. The first-order valence-electron chi connectivity index (χ1n) is 8.48. The number of carboxylic acids is 1. The number of fused-ring (bicyclic) bond motifs is 9. The minimum Gasteiger partial charge on any atom is -0.481 e. The molecule has 110 valence electrons. The molecule has 4 aliphatic carbocycles. The van der Waals surface area contributed by atoms with Gasteiger partial charge in [-0.3, -0.25) is 4.79 Å². The zero-order chi connectivity index (χ0) is 13.9. The van der Waals surface area contributed by atoms with E-state index in [1.165, 1.54) is 25.7 Å². The average Bonchev–Trinajstić information content (AvgIpc) is 3.11. The SMILES string of the molecule is CC1(CCCCC(=O)O)CC2CC1C1C3C=CC(C3)C21. The molecule has 0 saturated heterocycles. The molecule has 1 N–H and O–H groups in total. The van der Waals surface area contributed by atoms with Gasteiger partial charge in [0.1, 0.15) is 0 Å². The number of allylic oxidation sites excluding steroid dienone is 2. The van der Waals surface area contributed by atoms with Gasteiger partial charge in [-0.2, -0.15) is 0 Å². The van der Waals surface area contributed by atoms with Crippen molar-refractivity contribution in [1.29, 1.82) is 0 Å². The highest BCUT2D eigenvalue weighted by Gasteiger charge is 2.63. The summed E-state index contributed by atoms with van der Waals surface area (Å²) in [6.07, 6.45) is 12.9. The Bertz CT molecular complexity index is 454. The molecule has 4 bridgehead atoms. The minimum absolute atomic E-state index is 0.351. The molecule has 2 heteroatoms. The molecule has 0 radical (unpaired) electrons. The highest BCUT2D eigenvalue weighted by molar-refractivity contribution is 5.66. The summed E-state index contributed by atoms with van der Waals surface area (Å²) in [7, 11) is 0. The third-order valence-corrected chi connectivity index (χ3v) is 7.16. The van der Waals surface area contributed by atoms with Gasteiger partial charge in [0.2, 0.25) is 0 Å². The van der Waals surface area contributed by atoms with Crippen molar-refractivity contribution >= 4 is 5.97 Å². The molecular weight excluding hydrogens is 248 g/mol. The van der Waals surface area contributed by atoms with E-state index in [0.29, 0.717) is 11.8 Å². The van der Waals surface area contributed by atoms with Crippen molar-refractivity contribution in [1.82, 2.24) is 0 Å². The number of carboxylic acid groups (broad SMARTS) is 1. The average molecular weight is 274 g/mol. The van der Waals surface area contributed by atoms with Crippen LogP contribution in [0.25, 0.3) is 0 Å². The van der Waals surface area contributed by atoms with E-state index in [9.17, 15) is 4.79 Å². The van der Waals surface area contributed by atoms with Crippen LogP contribution in [0, 0.1) is 40.9 Å². The summed E-state index contributed by atoms with van der Waals surface area (Å²) in [6, 6.07) is 0. The lowest BCUT2D eigenvalue weighted by Gasteiger charge is -2.43. The summed E-state index contributed by atoms with van der Waals surface area (Å²) in [5.74, 6) is 5.07. The molecule has 2 nitrogen and oxygen atoms in total. The van der Waals surface area contributed by atoms with E-state index in [1.54, 1.807) is 0 Å². The molecule has 0 aromatic rings. The number of unbranched alkanes of at least 4 members (excludes halogenated alkanes) is 1. The third kappa shape index (κ3) is 1.72. The molecular formula is C18H26O2. The molecule has 0 amide bonds. The summed E-state index contributed by atoms with van der Waals surface area (Å²) >= 11 is 0. The van der Waals surface area contributed by atoms with E-state index in [0.717, 1.165) is 48.3 Å². The lowest BCUT2D eigenvalue weighted by Crippen LogP contribution is -2.37. The standard InChI is InChI=1S/C18H26O2/c1-18(7-3-2-4-15(19)20)10-13-9-14(18)17-12-6-5-11(8-12)16(13)17/h5-6,11-14,16-17H,2-4,7-10H2,1H3,(H,19,20). The van der Waals surface area contributed by atoms with Gasteiger partial charge in [-0.25, -0.2) is 0 Å². The van der Waals surface area contributed by atoms with Crippen LogP contribution in [0.1, 0.15) is 51.9 Å². The number of rotatable bonds is 5. The third-order valence-electron chi connectivity index (χ3n) is 7.16. The van der Waals surface area contributed by atoms with Crippen LogP contribution in [0.3, 0.4) is 0 Å². The van der Waals surface area contributed by atoms with Crippen molar-refractivity contribution in [3.05, 3.63) is 12.2 Å². The van der Waals surface area contributed by atoms with E-state index >= 15 is 0 Å². The van der Waals surface area contributed by atoms with Crippen LogP contribution in [0.15, 0.2) is 12.2 Å². The van der Waals surface area contributed by atoms with E-state index in [1.807, 2.05) is 0 Å². The van der Waals surface area contributed by atoms with Gasteiger partial charge >= 0.3 is 5.97 Å². The van der Waals surface area contributed by atoms with Crippen molar-refractivity contribution in [2.75, 3.05) is 0 Å². The van der Waals surface area contributed by atoms with Crippen LogP contribution >= 0.6 is 0 Å². The Balaban J connectivity index is 1.42. The van der Waals surface area contributed by atoms with E-state index in [2.05, 4.69) is 19.1 Å². The van der Waals surface area contributed by atoms with Gasteiger partial charge in [0, 0.05) is 6.42 Å². The van der Waals surface area contributed by atoms with Gasteiger partial charge in [0.15, 0.2) is 0 Å². The molecule has 0 aromatic carbocycles. The van der Waals surface area contributed by atoms with Crippen LogP contribution in [-0.2, 0) is 4.79 Å². The van der Waals surface area contributed by atoms with E-state index in [-0.39, 0.29) is 0 Å². The van der Waals surface area contributed by atoms with Crippen molar-refractivity contribution in [3.63, 3.8) is 0 Å². The molecule has 4 aliphatic rings. The second kappa shape index (κ2) is 4.35. The molecule has 0 spiro atoms. The molecule has 0 aliphatic heterocycles. The second-order valence-corrected chi connectivity index (χ2v) is 8.16. The molecule has 3 fully saturated rings. The van der Waals surface area contributed by atoms with Gasteiger partial charge in [-0.05, 0) is 73.0 Å². The number of hydrogen-bond acceptors (Lipinski definition) is 1. The Morgan fingerprint density at radius 2 is 1.95 bits per heavy atom. The Morgan fingerprint density at radius 3 is 2.70 bits per heavy atom. The largest absolute Gasteiger partial charge is 0.481 e. The van der Waals surface area contributed by atoms with Gasteiger partial charge < -0.3 is 5.11 Å². The maximum absolute atomic E-state index is 10.6. The maximum Gasteiger partial charge on any atom is 0.303 e. The smallest absolute Gasteiger partial charge is 0.303 e. The Morgan fingerprint density at radius 1 is 1.20 bits per heavy atom. The van der Waals surface area contributed by atoms with Crippen LogP contribution in [0.2, 0.25) is 0 Å². The molecule has 7 unspecified atom stereocenters. The van der Waals surface area contributed by atoms with Crippen LogP contribution in [0.4, 0.5) is 0 Å². The first-order valence-corrected chi connectivity index (χ1v) is 8.48. The lowest BCUT2D eigenvalue weighted by molar-refractivity contribution is -0.137. The summed E-state index contributed by atoms with van der Waals surface area (Å²) < 4.78 is 0. The molecule has 3 saturated carbocycles. The van der Waals surface area contributed by atoms with Crippen LogP contribution in [0.5, 0.6) is 0 Å². The van der Waals surface area contributed by atoms with Crippen molar-refractivity contribution in [3.8, 4) is 0 Å². The quantitative estimate of drug-likeness (QED) is 0.465. The first kappa shape index (κ1) is 12.9. The van der Waals surface area contributed by atoms with Crippen molar-refractivity contribution in [2.24, 2.45) is 40.9 Å². The normalized spacial score (nSPS) is 50.9. The maximum atomic E-state index is 10.6. The summed E-state index contributed by atoms with van der Waals surface area (Å²) in [6.45, 7) is 2.50. The van der Waals surface area contributed by atoms with E-state index < -0.39 is 5.97 Å². The number of hydrogen-bond donors (Lipinski definition) is 1. The van der Waals surface area contributed by atoms with Gasteiger partial charge in [0.25, 0.3) is 0 Å². The summed E-state index contributed by atoms with van der Waals surface area (Å²) in [5, 5.41) is 8.76. The van der Waals surface area contributed by atoms with Crippen molar-refractivity contribution < 1.29 is 9.90 Å². The topological polar surface area (TPSA) is 37.3 Å². The summed E-state index contributed by atoms with van der Waals surface area (Å²) in [5.41, 5.74) is 0.517. The Kier molecular flexibility index (Phi) is 2.81. The van der Waals surface area contributed by atoms with Crippen LogP contribution in [-0.4, -0.2) is 11.1 Å². The minimum atomic E-state index is -0.638. The lowest BCUT2D eigenvalue weighted by atomic mass is 9.61. The highest BCUT2D eigenvalue weighted by Crippen LogP contribution is 2.71. The van der Waals surface area contributed by atoms with Gasteiger partial charge in [-0.1, -0.05) is 25.5 Å². The molecule has 0 aromatic heterocycles. The van der Waals surface area contributed by atoms with Crippen molar-refractivity contribution in [2.45, 2.75) is 51.9 Å². The Hall–Kier alpha value is -0.790. The molecule has 20 heavy (non-hydrogen) atoms. The first-order chi connectivity index (χ1) is 9.58. The zero-order valence-electron chi connectivity index (χ0n) is 12.4. The molecule has 0 heterocycles. The fraction of sp³-hybridized carbons (Fsp3) is 0.833. The monoisotopic (exact) mass is 274 g/mol. The van der Waals surface area contributed by atoms with Gasteiger partial charge in [-0.15, -0.1) is 0 Å². The van der Waals surface area contributed by atoms with Gasteiger partial charge in [0.05, 0.1) is 0 Å². The fourth-order valence-corrected chi connectivity index (χ4v) is 6.58. The second-order valence-electron chi connectivity index (χ2n) is 8.16. The predicted octanol–water partition coefficient (Wildman–Crippen LogP) is 4.12.